The number of furan rings is 1. The lowest BCUT2D eigenvalue weighted by Crippen LogP contribution is -2.41. The first kappa shape index (κ1) is 19.8. The van der Waals surface area contributed by atoms with E-state index in [1.54, 1.807) is 36.4 Å². The fourth-order valence-corrected chi connectivity index (χ4v) is 3.22. The van der Waals surface area contributed by atoms with Crippen LogP contribution >= 0.6 is 0 Å². The minimum Gasteiger partial charge on any atom is -0.467 e. The number of nitrogens with zero attached hydrogens (tertiary/aromatic N) is 3. The zero-order valence-electron chi connectivity index (χ0n) is 16.1. The van der Waals surface area contributed by atoms with E-state index in [4.69, 9.17) is 4.42 Å². The highest BCUT2D eigenvalue weighted by atomic mass is 16.6. The first-order valence-electron chi connectivity index (χ1n) is 9.24. The predicted molar refractivity (Wildman–Crippen MR) is 111 cm³/mol. The zero-order chi connectivity index (χ0) is 22.0. The molecule has 0 radical (unpaired) electrons. The number of rotatable bonds is 6. The Morgan fingerprint density at radius 2 is 1.77 bits per heavy atom. The van der Waals surface area contributed by atoms with Crippen LogP contribution in [0.4, 0.5) is 5.69 Å². The Labute approximate surface area is 174 Å². The van der Waals surface area contributed by atoms with E-state index in [2.05, 4.69) is 5.32 Å². The molecule has 0 fully saturated rings. The summed E-state index contributed by atoms with van der Waals surface area (Å²) in [4.78, 5) is 49.0. The lowest BCUT2D eigenvalue weighted by atomic mass is 10.2. The van der Waals surface area contributed by atoms with Gasteiger partial charge in [-0.3, -0.25) is 24.3 Å². The van der Waals surface area contributed by atoms with Gasteiger partial charge in [0.1, 0.15) is 12.3 Å². The van der Waals surface area contributed by atoms with E-state index in [1.165, 1.54) is 35.1 Å². The molecule has 0 saturated heterocycles. The van der Waals surface area contributed by atoms with Gasteiger partial charge in [0, 0.05) is 12.1 Å². The van der Waals surface area contributed by atoms with E-state index in [1.807, 2.05) is 0 Å². The van der Waals surface area contributed by atoms with Crippen LogP contribution in [0, 0.1) is 10.1 Å². The lowest BCUT2D eigenvalue weighted by Gasteiger charge is -2.14. The van der Waals surface area contributed by atoms with Crippen molar-refractivity contribution in [2.45, 2.75) is 13.1 Å². The van der Waals surface area contributed by atoms with E-state index in [-0.39, 0.29) is 29.9 Å². The Bertz CT molecular complexity index is 1380. The number of aromatic nitrogens is 2. The van der Waals surface area contributed by atoms with Crippen molar-refractivity contribution in [1.29, 1.82) is 0 Å². The molecular formula is C21H16N4O6. The highest BCUT2D eigenvalue weighted by Gasteiger charge is 2.17. The maximum absolute atomic E-state index is 13.2. The first-order valence-corrected chi connectivity index (χ1v) is 9.24. The third kappa shape index (κ3) is 3.86. The van der Waals surface area contributed by atoms with Crippen LogP contribution in [0.3, 0.4) is 0 Å². The van der Waals surface area contributed by atoms with Gasteiger partial charge in [0.25, 0.3) is 11.2 Å². The molecule has 1 N–H and O–H groups in total. The molecule has 4 aromatic rings. The predicted octanol–water partition coefficient (Wildman–Crippen LogP) is 1.97. The van der Waals surface area contributed by atoms with E-state index < -0.39 is 22.1 Å². The summed E-state index contributed by atoms with van der Waals surface area (Å²) in [5, 5.41) is 13.8. The maximum Gasteiger partial charge on any atom is 0.336 e. The van der Waals surface area contributed by atoms with Gasteiger partial charge in [-0.2, -0.15) is 0 Å². The Kier molecular flexibility index (Phi) is 5.19. The summed E-state index contributed by atoms with van der Waals surface area (Å²) in [7, 11) is 0. The van der Waals surface area contributed by atoms with Crippen molar-refractivity contribution < 1.29 is 14.1 Å². The van der Waals surface area contributed by atoms with Crippen molar-refractivity contribution in [3.05, 3.63) is 104 Å². The minimum atomic E-state index is -0.731. The maximum atomic E-state index is 13.2. The number of non-ortho nitro benzene ring substituents is 1. The largest absolute Gasteiger partial charge is 0.467 e. The summed E-state index contributed by atoms with van der Waals surface area (Å²) in [6, 6.07) is 14.9. The number of amides is 1. The summed E-state index contributed by atoms with van der Waals surface area (Å²) in [5.41, 5.74) is -1.01. The molecule has 0 atom stereocenters. The number of hydrogen-bond donors (Lipinski definition) is 1. The average molecular weight is 420 g/mol. The number of para-hydroxylation sites is 1. The highest BCUT2D eigenvalue weighted by molar-refractivity contribution is 5.81. The van der Waals surface area contributed by atoms with Crippen LogP contribution in [0.2, 0.25) is 0 Å². The molecule has 0 aliphatic heterocycles. The molecule has 4 rings (SSSR count). The van der Waals surface area contributed by atoms with Crippen molar-refractivity contribution in [2.75, 3.05) is 0 Å². The van der Waals surface area contributed by atoms with E-state index in [0.29, 0.717) is 11.3 Å². The molecule has 0 aliphatic carbocycles. The standard InChI is InChI=1S/C21H16N4O6/c26-19(22-12-16-4-3-11-31-16)13-23-18-6-2-1-5-17(18)20(27)24(21(23)28)14-7-9-15(10-8-14)25(29)30/h1-11H,12-13H2,(H,22,26). The van der Waals surface area contributed by atoms with Gasteiger partial charge in [-0.15, -0.1) is 0 Å². The molecule has 2 heterocycles. The van der Waals surface area contributed by atoms with Crippen molar-refractivity contribution >= 4 is 22.5 Å². The summed E-state index contributed by atoms with van der Waals surface area (Å²) in [6.45, 7) is -0.173. The van der Waals surface area contributed by atoms with Crippen LogP contribution < -0.4 is 16.6 Å². The van der Waals surface area contributed by atoms with Gasteiger partial charge in [0.15, 0.2) is 0 Å². The van der Waals surface area contributed by atoms with Crippen LogP contribution in [-0.2, 0) is 17.9 Å². The summed E-state index contributed by atoms with van der Waals surface area (Å²) in [6.07, 6.45) is 1.49. The van der Waals surface area contributed by atoms with Crippen LogP contribution in [0.1, 0.15) is 5.76 Å². The molecule has 156 valence electrons. The third-order valence-electron chi connectivity index (χ3n) is 4.71. The second kappa shape index (κ2) is 8.11. The molecule has 0 bridgehead atoms. The molecule has 2 aromatic carbocycles. The molecule has 0 aliphatic rings. The average Bonchev–Trinajstić information content (AvgIpc) is 3.29. The number of nitrogens with one attached hydrogen (secondary N) is 1. The minimum absolute atomic E-state index is 0.153. The highest BCUT2D eigenvalue weighted by Crippen LogP contribution is 2.15. The number of hydrogen-bond acceptors (Lipinski definition) is 6. The number of carbonyl (C=O) groups excluding carboxylic acids is 1. The fourth-order valence-electron chi connectivity index (χ4n) is 3.22. The second-order valence-electron chi connectivity index (χ2n) is 6.66. The molecule has 10 heteroatoms. The smallest absolute Gasteiger partial charge is 0.336 e. The molecule has 0 unspecified atom stereocenters. The lowest BCUT2D eigenvalue weighted by molar-refractivity contribution is -0.384. The molecule has 0 spiro atoms. The fraction of sp³-hybridized carbons (Fsp3) is 0.0952. The molecule has 0 saturated carbocycles. The van der Waals surface area contributed by atoms with Crippen LogP contribution in [-0.4, -0.2) is 20.0 Å². The van der Waals surface area contributed by atoms with E-state index in [0.717, 1.165) is 4.57 Å². The van der Waals surface area contributed by atoms with Gasteiger partial charge in [0.05, 0.1) is 34.3 Å². The first-order chi connectivity index (χ1) is 15.0. The SMILES string of the molecule is O=C(Cn1c(=O)n(-c2ccc([N+](=O)[O-])cc2)c(=O)c2ccccc21)NCc1ccco1. The van der Waals surface area contributed by atoms with E-state index >= 15 is 0 Å². The number of nitro groups is 1. The topological polar surface area (TPSA) is 129 Å². The summed E-state index contributed by atoms with van der Waals surface area (Å²) >= 11 is 0. The van der Waals surface area contributed by atoms with Gasteiger partial charge in [-0.25, -0.2) is 9.36 Å². The molecule has 1 amide bonds. The van der Waals surface area contributed by atoms with Gasteiger partial charge in [-0.1, -0.05) is 12.1 Å². The Morgan fingerprint density at radius 3 is 2.45 bits per heavy atom. The van der Waals surface area contributed by atoms with Crippen molar-refractivity contribution in [2.24, 2.45) is 0 Å². The van der Waals surface area contributed by atoms with Crippen LogP contribution in [0.5, 0.6) is 0 Å². The third-order valence-corrected chi connectivity index (χ3v) is 4.71. The number of nitro benzene ring substituents is 1. The normalized spacial score (nSPS) is 10.8. The monoisotopic (exact) mass is 420 g/mol. The summed E-state index contributed by atoms with van der Waals surface area (Å²) < 4.78 is 7.26. The van der Waals surface area contributed by atoms with Crippen molar-refractivity contribution in [3.63, 3.8) is 0 Å². The van der Waals surface area contributed by atoms with Crippen LogP contribution in [0.25, 0.3) is 16.6 Å². The molecule has 2 aromatic heterocycles. The zero-order valence-corrected chi connectivity index (χ0v) is 16.1. The number of fused-ring (bicyclic) bond motifs is 1. The molecule has 10 nitrogen and oxygen atoms in total. The summed E-state index contributed by atoms with van der Waals surface area (Å²) in [5.74, 6) is 0.110. The van der Waals surface area contributed by atoms with Crippen molar-refractivity contribution in [1.82, 2.24) is 14.5 Å². The quantitative estimate of drug-likeness (QED) is 0.375. The second-order valence-corrected chi connectivity index (χ2v) is 6.66. The van der Waals surface area contributed by atoms with Gasteiger partial charge >= 0.3 is 5.69 Å². The van der Waals surface area contributed by atoms with E-state index in [9.17, 15) is 24.5 Å². The van der Waals surface area contributed by atoms with Crippen LogP contribution in [0.15, 0.2) is 80.9 Å². The van der Waals surface area contributed by atoms with Gasteiger partial charge in [0.2, 0.25) is 5.91 Å². The number of benzene rings is 2. The van der Waals surface area contributed by atoms with Gasteiger partial charge < -0.3 is 9.73 Å². The van der Waals surface area contributed by atoms with Crippen molar-refractivity contribution in [3.8, 4) is 5.69 Å². The Morgan fingerprint density at radius 1 is 1.03 bits per heavy atom. The molecular weight excluding hydrogens is 404 g/mol. The number of carbonyl (C=O) groups is 1. The Balaban J connectivity index is 1.77. The van der Waals surface area contributed by atoms with Gasteiger partial charge in [-0.05, 0) is 36.4 Å². The molecule has 31 heavy (non-hydrogen) atoms. The Hall–Kier alpha value is -4.47.